The van der Waals surface area contributed by atoms with E-state index < -0.39 is 0 Å². The highest BCUT2D eigenvalue weighted by Gasteiger charge is 2.14. The Labute approximate surface area is 91.9 Å². The third-order valence-electron chi connectivity index (χ3n) is 2.37. The van der Waals surface area contributed by atoms with Crippen LogP contribution in [0.5, 0.6) is 0 Å². The van der Waals surface area contributed by atoms with Crippen molar-refractivity contribution in [3.63, 3.8) is 0 Å². The molecule has 0 fully saturated rings. The van der Waals surface area contributed by atoms with Gasteiger partial charge in [-0.3, -0.25) is 5.32 Å². The normalized spacial score (nSPS) is 11.7. The lowest BCUT2D eigenvalue weighted by molar-refractivity contribution is 0.467. The molecule has 0 aromatic carbocycles. The molecule has 0 bridgehead atoms. The van der Waals surface area contributed by atoms with Crippen LogP contribution in [-0.4, -0.2) is 15.1 Å². The van der Waals surface area contributed by atoms with E-state index in [1.165, 1.54) is 0 Å². The van der Waals surface area contributed by atoms with Crippen LogP contribution < -0.4 is 5.32 Å². The SMILES string of the molecule is C#CC(C)(C)NCc1cncn1C(C)C. The molecule has 1 heterocycles. The first-order chi connectivity index (χ1) is 6.96. The van der Waals surface area contributed by atoms with Gasteiger partial charge in [0.25, 0.3) is 0 Å². The van der Waals surface area contributed by atoms with E-state index in [9.17, 15) is 0 Å². The second kappa shape index (κ2) is 4.50. The Balaban J connectivity index is 2.67. The van der Waals surface area contributed by atoms with Gasteiger partial charge in [-0.25, -0.2) is 4.98 Å². The smallest absolute Gasteiger partial charge is 0.0951 e. The van der Waals surface area contributed by atoms with Crippen molar-refractivity contribution in [2.45, 2.75) is 45.8 Å². The Morgan fingerprint density at radius 2 is 2.27 bits per heavy atom. The molecular formula is C12H19N3. The summed E-state index contributed by atoms with van der Waals surface area (Å²) in [5, 5.41) is 3.31. The predicted octanol–water partition coefficient (Wildman–Crippen LogP) is 1.97. The molecule has 1 aromatic heterocycles. The van der Waals surface area contributed by atoms with Gasteiger partial charge in [0.1, 0.15) is 0 Å². The third-order valence-corrected chi connectivity index (χ3v) is 2.37. The van der Waals surface area contributed by atoms with Crippen molar-refractivity contribution >= 4 is 0 Å². The van der Waals surface area contributed by atoms with E-state index in [0.29, 0.717) is 6.04 Å². The molecule has 0 unspecified atom stereocenters. The maximum absolute atomic E-state index is 5.41. The van der Waals surface area contributed by atoms with Gasteiger partial charge >= 0.3 is 0 Å². The molecule has 0 spiro atoms. The summed E-state index contributed by atoms with van der Waals surface area (Å²) in [5.74, 6) is 2.71. The zero-order chi connectivity index (χ0) is 11.5. The highest BCUT2D eigenvalue weighted by molar-refractivity contribution is 5.09. The minimum Gasteiger partial charge on any atom is -0.331 e. The number of aromatic nitrogens is 2. The molecule has 3 nitrogen and oxygen atoms in total. The van der Waals surface area contributed by atoms with Gasteiger partial charge in [0.2, 0.25) is 0 Å². The number of nitrogens with one attached hydrogen (secondary N) is 1. The highest BCUT2D eigenvalue weighted by atomic mass is 15.1. The lowest BCUT2D eigenvalue weighted by atomic mass is 10.1. The van der Waals surface area contributed by atoms with Gasteiger partial charge in [0.15, 0.2) is 0 Å². The fourth-order valence-electron chi connectivity index (χ4n) is 1.30. The van der Waals surface area contributed by atoms with Crippen molar-refractivity contribution in [2.75, 3.05) is 0 Å². The van der Waals surface area contributed by atoms with Gasteiger partial charge in [0, 0.05) is 18.8 Å². The van der Waals surface area contributed by atoms with E-state index in [2.05, 4.69) is 34.6 Å². The molecule has 1 rings (SSSR count). The van der Waals surface area contributed by atoms with Crippen LogP contribution in [0.15, 0.2) is 12.5 Å². The van der Waals surface area contributed by atoms with Crippen LogP contribution in [-0.2, 0) is 6.54 Å². The fraction of sp³-hybridized carbons (Fsp3) is 0.583. The molecule has 3 heteroatoms. The molecule has 1 aromatic rings. The number of nitrogens with zero attached hydrogens (tertiary/aromatic N) is 2. The number of rotatable bonds is 4. The van der Waals surface area contributed by atoms with E-state index in [-0.39, 0.29) is 5.54 Å². The molecule has 1 N–H and O–H groups in total. The molecule has 0 saturated carbocycles. The monoisotopic (exact) mass is 205 g/mol. The molecule has 0 aliphatic carbocycles. The van der Waals surface area contributed by atoms with Crippen molar-refractivity contribution < 1.29 is 0 Å². The van der Waals surface area contributed by atoms with E-state index in [1.54, 1.807) is 0 Å². The number of hydrogen-bond donors (Lipinski definition) is 1. The first-order valence-corrected chi connectivity index (χ1v) is 5.20. The van der Waals surface area contributed by atoms with Gasteiger partial charge in [-0.05, 0) is 27.7 Å². The fourth-order valence-corrected chi connectivity index (χ4v) is 1.30. The zero-order valence-corrected chi connectivity index (χ0v) is 9.91. The van der Waals surface area contributed by atoms with Crippen LogP contribution in [0.25, 0.3) is 0 Å². The predicted molar refractivity (Wildman–Crippen MR) is 62.4 cm³/mol. The second-order valence-corrected chi connectivity index (χ2v) is 4.51. The van der Waals surface area contributed by atoms with Crippen LogP contribution in [0.2, 0.25) is 0 Å². The number of hydrogen-bond acceptors (Lipinski definition) is 2. The van der Waals surface area contributed by atoms with E-state index in [0.717, 1.165) is 12.2 Å². The molecular weight excluding hydrogens is 186 g/mol. The Kier molecular flexibility index (Phi) is 3.54. The van der Waals surface area contributed by atoms with Gasteiger partial charge in [-0.1, -0.05) is 5.92 Å². The summed E-state index contributed by atoms with van der Waals surface area (Å²) >= 11 is 0. The molecule has 0 radical (unpaired) electrons. The van der Waals surface area contributed by atoms with Crippen molar-refractivity contribution in [2.24, 2.45) is 0 Å². The number of imidazole rings is 1. The van der Waals surface area contributed by atoms with E-state index in [1.807, 2.05) is 26.4 Å². The first-order valence-electron chi connectivity index (χ1n) is 5.20. The standard InChI is InChI=1S/C12H19N3/c1-6-12(4,5)14-8-11-7-13-9-15(11)10(2)3/h1,7,9-10,14H,8H2,2-5H3. The topological polar surface area (TPSA) is 29.9 Å². The number of terminal acetylenes is 1. The maximum atomic E-state index is 5.41. The van der Waals surface area contributed by atoms with Gasteiger partial charge in [-0.15, -0.1) is 6.42 Å². The summed E-state index contributed by atoms with van der Waals surface area (Å²) in [6.07, 6.45) is 9.14. The van der Waals surface area contributed by atoms with Crippen LogP contribution in [0, 0.1) is 12.3 Å². The Morgan fingerprint density at radius 3 is 2.80 bits per heavy atom. The zero-order valence-electron chi connectivity index (χ0n) is 9.91. The molecule has 0 aliphatic rings. The summed E-state index contributed by atoms with van der Waals surface area (Å²) in [4.78, 5) is 4.14. The van der Waals surface area contributed by atoms with Crippen molar-refractivity contribution in [3.05, 3.63) is 18.2 Å². The van der Waals surface area contributed by atoms with Crippen LogP contribution >= 0.6 is 0 Å². The molecule has 0 saturated heterocycles. The first kappa shape index (κ1) is 11.8. The largest absolute Gasteiger partial charge is 0.331 e. The average molecular weight is 205 g/mol. The second-order valence-electron chi connectivity index (χ2n) is 4.51. The van der Waals surface area contributed by atoms with Crippen molar-refractivity contribution in [1.29, 1.82) is 0 Å². The summed E-state index contributed by atoms with van der Waals surface area (Å²) in [6.45, 7) is 9.00. The van der Waals surface area contributed by atoms with E-state index >= 15 is 0 Å². The Morgan fingerprint density at radius 1 is 1.60 bits per heavy atom. The van der Waals surface area contributed by atoms with Crippen LogP contribution in [0.3, 0.4) is 0 Å². The molecule has 0 aliphatic heterocycles. The van der Waals surface area contributed by atoms with E-state index in [4.69, 9.17) is 6.42 Å². The molecule has 0 atom stereocenters. The Bertz CT molecular complexity index is 355. The van der Waals surface area contributed by atoms with Gasteiger partial charge in [-0.2, -0.15) is 0 Å². The third kappa shape index (κ3) is 3.10. The van der Waals surface area contributed by atoms with Crippen LogP contribution in [0.1, 0.15) is 39.4 Å². The molecule has 82 valence electrons. The maximum Gasteiger partial charge on any atom is 0.0951 e. The lowest BCUT2D eigenvalue weighted by Gasteiger charge is -2.20. The van der Waals surface area contributed by atoms with Crippen molar-refractivity contribution in [1.82, 2.24) is 14.9 Å². The minimum absolute atomic E-state index is 0.272. The highest BCUT2D eigenvalue weighted by Crippen LogP contribution is 2.10. The van der Waals surface area contributed by atoms with Crippen LogP contribution in [0.4, 0.5) is 0 Å². The van der Waals surface area contributed by atoms with Gasteiger partial charge in [0.05, 0.1) is 17.6 Å². The summed E-state index contributed by atoms with van der Waals surface area (Å²) < 4.78 is 2.14. The average Bonchev–Trinajstić information content (AvgIpc) is 2.63. The molecule has 15 heavy (non-hydrogen) atoms. The summed E-state index contributed by atoms with van der Waals surface area (Å²) in [7, 11) is 0. The summed E-state index contributed by atoms with van der Waals surface area (Å²) in [6, 6.07) is 0.429. The lowest BCUT2D eigenvalue weighted by Crippen LogP contribution is -2.37. The molecule has 0 amide bonds. The Hall–Kier alpha value is -1.27. The quantitative estimate of drug-likeness (QED) is 0.762. The summed E-state index contributed by atoms with van der Waals surface area (Å²) in [5.41, 5.74) is 0.889. The minimum atomic E-state index is -0.272. The van der Waals surface area contributed by atoms with Crippen molar-refractivity contribution in [3.8, 4) is 12.3 Å². The van der Waals surface area contributed by atoms with Gasteiger partial charge < -0.3 is 4.57 Å².